The van der Waals surface area contributed by atoms with Crippen molar-refractivity contribution >= 4 is 30.7 Å². The molecular weight excluding hydrogens is 339 g/mol. The minimum absolute atomic E-state index is 0.0162. The largest absolute Gasteiger partial charge is 0.338 e. The van der Waals surface area contributed by atoms with E-state index in [4.69, 9.17) is 4.84 Å². The number of rotatable bonds is 4. The van der Waals surface area contributed by atoms with E-state index in [0.29, 0.717) is 5.82 Å². The van der Waals surface area contributed by atoms with E-state index in [2.05, 4.69) is 15.8 Å². The number of nitrogens with one attached hydrogen (secondary N) is 2. The van der Waals surface area contributed by atoms with Crippen molar-refractivity contribution in [2.24, 2.45) is 0 Å². The van der Waals surface area contributed by atoms with Crippen molar-refractivity contribution in [3.8, 4) is 0 Å². The molecule has 5 nitrogen and oxygen atoms in total. The summed E-state index contributed by atoms with van der Waals surface area (Å²) in [6, 6.07) is 3.12. The Bertz CT molecular complexity index is 851. The van der Waals surface area contributed by atoms with Gasteiger partial charge in [0.05, 0.1) is 16.9 Å². The summed E-state index contributed by atoms with van der Waals surface area (Å²) >= 11 is 0. The van der Waals surface area contributed by atoms with Gasteiger partial charge in [-0.3, -0.25) is 9.63 Å². The molecule has 1 aromatic heterocycles. The molecular formula is C18H22BF2N3O2. The number of carbonyl (C=O) groups is 1. The van der Waals surface area contributed by atoms with E-state index in [1.807, 2.05) is 13.0 Å². The van der Waals surface area contributed by atoms with Gasteiger partial charge in [-0.2, -0.15) is 0 Å². The lowest BCUT2D eigenvalue weighted by Gasteiger charge is -2.20. The average molecular weight is 361 g/mol. The van der Waals surface area contributed by atoms with Crippen LogP contribution in [-0.4, -0.2) is 24.3 Å². The number of amides is 1. The molecule has 8 heteroatoms. The number of pyridine rings is 1. The van der Waals surface area contributed by atoms with Crippen LogP contribution in [0.5, 0.6) is 0 Å². The summed E-state index contributed by atoms with van der Waals surface area (Å²) in [5, 5.41) is 2.74. The molecule has 0 saturated heterocycles. The molecule has 138 valence electrons. The smallest absolute Gasteiger partial charge is 0.277 e. The van der Waals surface area contributed by atoms with Crippen molar-refractivity contribution in [2.75, 3.05) is 5.32 Å². The number of anilines is 2. The molecule has 0 saturated carbocycles. The minimum Gasteiger partial charge on any atom is -0.338 e. The van der Waals surface area contributed by atoms with Crippen molar-refractivity contribution in [3.05, 3.63) is 46.7 Å². The average Bonchev–Trinajstić information content (AvgIpc) is 2.54. The van der Waals surface area contributed by atoms with Crippen LogP contribution in [0.25, 0.3) is 0 Å². The zero-order chi connectivity index (χ0) is 19.6. The lowest BCUT2D eigenvalue weighted by Crippen LogP contribution is -2.34. The quantitative estimate of drug-likeness (QED) is 0.649. The Hall–Kier alpha value is -2.48. The molecule has 0 aliphatic heterocycles. The first kappa shape index (κ1) is 19.8. The normalized spacial score (nSPS) is 11.3. The number of hydrogen-bond donors (Lipinski definition) is 2. The topological polar surface area (TPSA) is 63.2 Å². The first-order valence-corrected chi connectivity index (χ1v) is 8.17. The maximum absolute atomic E-state index is 14.6. The van der Waals surface area contributed by atoms with Crippen LogP contribution in [0.15, 0.2) is 18.3 Å². The Morgan fingerprint density at radius 2 is 1.85 bits per heavy atom. The Morgan fingerprint density at radius 3 is 2.42 bits per heavy atom. The van der Waals surface area contributed by atoms with Crippen LogP contribution in [0, 0.1) is 25.5 Å². The Kier molecular flexibility index (Phi) is 5.66. The zero-order valence-electron chi connectivity index (χ0n) is 15.8. The van der Waals surface area contributed by atoms with E-state index in [-0.39, 0.29) is 16.8 Å². The third kappa shape index (κ3) is 4.57. The summed E-state index contributed by atoms with van der Waals surface area (Å²) in [5.74, 6) is -2.52. The monoisotopic (exact) mass is 361 g/mol. The van der Waals surface area contributed by atoms with E-state index < -0.39 is 23.1 Å². The Morgan fingerprint density at radius 1 is 1.19 bits per heavy atom. The van der Waals surface area contributed by atoms with Crippen molar-refractivity contribution in [1.82, 2.24) is 10.5 Å². The van der Waals surface area contributed by atoms with Gasteiger partial charge in [0.1, 0.15) is 13.7 Å². The fraction of sp³-hybridized carbons (Fsp3) is 0.333. The van der Waals surface area contributed by atoms with Crippen LogP contribution < -0.4 is 16.3 Å². The van der Waals surface area contributed by atoms with Gasteiger partial charge in [-0.05, 0) is 57.3 Å². The van der Waals surface area contributed by atoms with Crippen LogP contribution in [0.2, 0.25) is 0 Å². The van der Waals surface area contributed by atoms with Crippen LogP contribution in [-0.2, 0) is 4.84 Å². The van der Waals surface area contributed by atoms with Gasteiger partial charge in [-0.25, -0.2) is 19.2 Å². The Balaban J connectivity index is 2.46. The van der Waals surface area contributed by atoms with Crippen LogP contribution >= 0.6 is 0 Å². The summed E-state index contributed by atoms with van der Waals surface area (Å²) in [7, 11) is 1.78. The molecule has 26 heavy (non-hydrogen) atoms. The highest BCUT2D eigenvalue weighted by Gasteiger charge is 2.23. The molecule has 0 bridgehead atoms. The van der Waals surface area contributed by atoms with Crippen molar-refractivity contribution in [1.29, 1.82) is 0 Å². The fourth-order valence-corrected chi connectivity index (χ4v) is 2.27. The van der Waals surface area contributed by atoms with Gasteiger partial charge in [0.25, 0.3) is 5.91 Å². The number of carbonyl (C=O) groups excluding carboxylic acids is 1. The molecule has 0 aliphatic carbocycles. The van der Waals surface area contributed by atoms with Gasteiger partial charge < -0.3 is 5.32 Å². The van der Waals surface area contributed by atoms with Crippen LogP contribution in [0.4, 0.5) is 20.3 Å². The highest BCUT2D eigenvalue weighted by atomic mass is 19.2. The number of aromatic nitrogens is 1. The standard InChI is InChI=1S/C18H22BF2N3O2/c1-9-6-12(19)16(22-8-9)23-15-11(7-10(2)13(20)14(15)21)17(25)24-26-18(3,4)5/h6-8H,19H2,1-5H3,(H,22,23)(H,24,25). The summed E-state index contributed by atoms with van der Waals surface area (Å²) in [6.07, 6.45) is 1.60. The first-order valence-electron chi connectivity index (χ1n) is 8.17. The van der Waals surface area contributed by atoms with Crippen molar-refractivity contribution in [3.63, 3.8) is 0 Å². The lowest BCUT2D eigenvalue weighted by molar-refractivity contribution is -0.0589. The molecule has 0 spiro atoms. The van der Waals surface area contributed by atoms with E-state index in [9.17, 15) is 13.6 Å². The van der Waals surface area contributed by atoms with E-state index in [0.717, 1.165) is 11.0 Å². The first-order chi connectivity index (χ1) is 12.0. The lowest BCUT2D eigenvalue weighted by atomic mass is 9.95. The van der Waals surface area contributed by atoms with Gasteiger partial charge >= 0.3 is 0 Å². The van der Waals surface area contributed by atoms with Crippen molar-refractivity contribution in [2.45, 2.75) is 40.2 Å². The second kappa shape index (κ2) is 7.41. The number of hydrogen-bond acceptors (Lipinski definition) is 4. The maximum Gasteiger partial charge on any atom is 0.277 e. The summed E-state index contributed by atoms with van der Waals surface area (Å²) in [6.45, 7) is 8.52. The second-order valence-corrected chi connectivity index (χ2v) is 7.19. The predicted molar refractivity (Wildman–Crippen MR) is 99.8 cm³/mol. The van der Waals surface area contributed by atoms with E-state index >= 15 is 0 Å². The molecule has 0 aliphatic rings. The minimum atomic E-state index is -1.15. The van der Waals surface area contributed by atoms with Crippen LogP contribution in [0.1, 0.15) is 42.3 Å². The van der Waals surface area contributed by atoms with Gasteiger partial charge in [0.15, 0.2) is 11.6 Å². The van der Waals surface area contributed by atoms with Gasteiger partial charge in [-0.1, -0.05) is 6.07 Å². The van der Waals surface area contributed by atoms with Gasteiger partial charge in [0, 0.05) is 6.20 Å². The predicted octanol–water partition coefficient (Wildman–Crippen LogP) is 2.44. The van der Waals surface area contributed by atoms with E-state index in [1.165, 1.54) is 13.0 Å². The fourth-order valence-electron chi connectivity index (χ4n) is 2.27. The molecule has 0 atom stereocenters. The molecule has 1 aromatic carbocycles. The molecule has 2 rings (SSSR count). The number of hydroxylamine groups is 1. The van der Waals surface area contributed by atoms with Crippen LogP contribution in [0.3, 0.4) is 0 Å². The molecule has 2 aromatic rings. The highest BCUT2D eigenvalue weighted by Crippen LogP contribution is 2.28. The molecule has 0 unspecified atom stereocenters. The highest BCUT2D eigenvalue weighted by molar-refractivity contribution is 6.35. The number of aryl methyl sites for hydroxylation is 2. The van der Waals surface area contributed by atoms with E-state index in [1.54, 1.807) is 34.8 Å². The van der Waals surface area contributed by atoms with Crippen molar-refractivity contribution < 1.29 is 18.4 Å². The summed E-state index contributed by atoms with van der Waals surface area (Å²) < 4.78 is 28.6. The molecule has 1 heterocycles. The number of nitrogens with zero attached hydrogens (tertiary/aromatic N) is 1. The van der Waals surface area contributed by atoms with Gasteiger partial charge in [0.2, 0.25) is 0 Å². The Labute approximate surface area is 152 Å². The summed E-state index contributed by atoms with van der Waals surface area (Å²) in [5.41, 5.74) is 2.96. The SMILES string of the molecule is Bc1cc(C)cnc1Nc1c(C(=O)NOC(C)(C)C)cc(C)c(F)c1F. The zero-order valence-corrected chi connectivity index (χ0v) is 15.8. The summed E-state index contributed by atoms with van der Waals surface area (Å²) in [4.78, 5) is 21.9. The third-order valence-electron chi connectivity index (χ3n) is 3.54. The molecule has 2 N–H and O–H groups in total. The molecule has 0 fully saturated rings. The maximum atomic E-state index is 14.6. The molecule has 0 radical (unpaired) electrons. The third-order valence-corrected chi connectivity index (χ3v) is 3.54. The molecule has 1 amide bonds. The number of halogens is 2. The number of benzene rings is 1. The van der Waals surface area contributed by atoms with Gasteiger partial charge in [-0.15, -0.1) is 0 Å². The second-order valence-electron chi connectivity index (χ2n) is 7.19.